The number of esters is 1. The first-order chi connectivity index (χ1) is 10.4. The molecular weight excluding hydrogens is 304 g/mol. The van der Waals surface area contributed by atoms with Gasteiger partial charge >= 0.3 is 5.97 Å². The Bertz CT molecular complexity index is 603. The summed E-state index contributed by atoms with van der Waals surface area (Å²) in [5.41, 5.74) is 0.748. The van der Waals surface area contributed by atoms with E-state index in [-0.39, 0.29) is 18.2 Å². The first-order valence-electron chi connectivity index (χ1n) is 6.85. The van der Waals surface area contributed by atoms with Gasteiger partial charge in [-0.25, -0.2) is 0 Å². The molecule has 0 aromatic heterocycles. The van der Waals surface area contributed by atoms with Gasteiger partial charge in [0.2, 0.25) is 5.91 Å². The summed E-state index contributed by atoms with van der Waals surface area (Å²) in [6, 6.07) is 7.40. The molecule has 0 saturated carbocycles. The largest absolute Gasteiger partial charge is 0.452 e. The van der Waals surface area contributed by atoms with Gasteiger partial charge in [0.05, 0.1) is 17.4 Å². The monoisotopic (exact) mass is 322 g/mol. The fourth-order valence-electron chi connectivity index (χ4n) is 2.04. The highest BCUT2D eigenvalue weighted by Gasteiger charge is 2.30. The Hall–Kier alpha value is -2.02. The topological polar surface area (TPSA) is 75.7 Å². The predicted octanol–water partition coefficient (Wildman–Crippen LogP) is 1.51. The molecule has 2 amide bonds. The summed E-state index contributed by atoms with van der Waals surface area (Å²) < 4.78 is 5.09. The van der Waals surface area contributed by atoms with E-state index in [1.165, 1.54) is 23.6 Å². The van der Waals surface area contributed by atoms with E-state index in [1.807, 2.05) is 24.3 Å². The molecule has 0 radical (unpaired) electrons. The third-order valence-corrected chi connectivity index (χ3v) is 4.43. The number of para-hydroxylation sites is 1. The number of nitrogens with one attached hydrogen (secondary N) is 1. The number of benzene rings is 1. The SMILES string of the molecule is C[C@H](OC(=O)C[C@@H]1Sc2ccccc2NC1=O)C(=O)N(C)C. The molecule has 22 heavy (non-hydrogen) atoms. The zero-order valence-corrected chi connectivity index (χ0v) is 13.5. The molecule has 1 heterocycles. The quantitative estimate of drug-likeness (QED) is 0.851. The zero-order chi connectivity index (χ0) is 16.3. The number of nitrogens with zero attached hydrogens (tertiary/aromatic N) is 1. The van der Waals surface area contributed by atoms with E-state index in [0.717, 1.165) is 10.6 Å². The number of thioether (sulfide) groups is 1. The van der Waals surface area contributed by atoms with Crippen LogP contribution in [0, 0.1) is 0 Å². The van der Waals surface area contributed by atoms with Gasteiger partial charge < -0.3 is 15.0 Å². The lowest BCUT2D eigenvalue weighted by Gasteiger charge is -2.24. The molecule has 7 heteroatoms. The van der Waals surface area contributed by atoms with E-state index in [0.29, 0.717) is 0 Å². The van der Waals surface area contributed by atoms with E-state index >= 15 is 0 Å². The first kappa shape index (κ1) is 16.4. The summed E-state index contributed by atoms with van der Waals surface area (Å²) >= 11 is 1.33. The van der Waals surface area contributed by atoms with Crippen molar-refractivity contribution in [2.24, 2.45) is 0 Å². The molecule has 0 bridgehead atoms. The molecule has 0 aliphatic carbocycles. The van der Waals surface area contributed by atoms with Crippen LogP contribution in [0.3, 0.4) is 0 Å². The van der Waals surface area contributed by atoms with Gasteiger partial charge in [-0.3, -0.25) is 14.4 Å². The Morgan fingerprint density at radius 3 is 2.73 bits per heavy atom. The number of hydrogen-bond acceptors (Lipinski definition) is 5. The summed E-state index contributed by atoms with van der Waals surface area (Å²) in [6.45, 7) is 1.52. The molecule has 0 spiro atoms. The third-order valence-electron chi connectivity index (χ3n) is 3.16. The highest BCUT2D eigenvalue weighted by molar-refractivity contribution is 8.01. The highest BCUT2D eigenvalue weighted by Crippen LogP contribution is 2.36. The number of rotatable bonds is 4. The molecule has 2 rings (SSSR count). The van der Waals surface area contributed by atoms with Crippen LogP contribution in [0.4, 0.5) is 5.69 Å². The van der Waals surface area contributed by atoms with Gasteiger partial charge in [0.15, 0.2) is 6.10 Å². The molecule has 0 saturated heterocycles. The Labute approximate surface area is 133 Å². The molecule has 0 fully saturated rings. The summed E-state index contributed by atoms with van der Waals surface area (Å²) in [4.78, 5) is 37.9. The fraction of sp³-hybridized carbons (Fsp3) is 0.400. The van der Waals surface area contributed by atoms with Gasteiger partial charge in [0, 0.05) is 19.0 Å². The van der Waals surface area contributed by atoms with Crippen molar-refractivity contribution in [2.45, 2.75) is 29.6 Å². The Morgan fingerprint density at radius 2 is 2.05 bits per heavy atom. The second-order valence-corrected chi connectivity index (χ2v) is 6.41. The van der Waals surface area contributed by atoms with E-state index in [2.05, 4.69) is 5.32 Å². The van der Waals surface area contributed by atoms with Crippen molar-refractivity contribution in [3.05, 3.63) is 24.3 Å². The van der Waals surface area contributed by atoms with E-state index in [1.54, 1.807) is 14.1 Å². The molecule has 0 unspecified atom stereocenters. The van der Waals surface area contributed by atoms with E-state index in [9.17, 15) is 14.4 Å². The molecule has 118 valence electrons. The third kappa shape index (κ3) is 3.79. The van der Waals surface area contributed by atoms with Crippen LogP contribution >= 0.6 is 11.8 Å². The molecule has 1 aliphatic rings. The van der Waals surface area contributed by atoms with Crippen LogP contribution in [0.25, 0.3) is 0 Å². The molecule has 1 aromatic carbocycles. The maximum atomic E-state index is 12.0. The van der Waals surface area contributed by atoms with Crippen LogP contribution in [0.1, 0.15) is 13.3 Å². The lowest BCUT2D eigenvalue weighted by atomic mass is 10.2. The molecular formula is C15H18N2O4S. The number of amides is 2. The van der Waals surface area contributed by atoms with Crippen LogP contribution < -0.4 is 5.32 Å². The summed E-state index contributed by atoms with van der Waals surface area (Å²) in [5, 5.41) is 2.22. The fourth-order valence-corrected chi connectivity index (χ4v) is 3.13. The molecule has 1 aromatic rings. The minimum Gasteiger partial charge on any atom is -0.452 e. The van der Waals surface area contributed by atoms with Gasteiger partial charge in [0.1, 0.15) is 0 Å². The Morgan fingerprint density at radius 1 is 1.36 bits per heavy atom. The van der Waals surface area contributed by atoms with Crippen LogP contribution in [-0.4, -0.2) is 48.1 Å². The number of hydrogen-bond donors (Lipinski definition) is 1. The minimum atomic E-state index is -0.855. The van der Waals surface area contributed by atoms with E-state index in [4.69, 9.17) is 4.74 Å². The number of ether oxygens (including phenoxy) is 1. The Kier molecular flexibility index (Phi) is 5.07. The standard InChI is InChI=1S/C15H18N2O4S/c1-9(15(20)17(2)3)21-13(18)8-12-14(19)16-10-6-4-5-7-11(10)22-12/h4-7,9,12H,8H2,1-3H3,(H,16,19)/t9-,12-/m0/s1. The number of anilines is 1. The minimum absolute atomic E-state index is 0.0735. The Balaban J connectivity index is 1.95. The summed E-state index contributed by atoms with van der Waals surface area (Å²) in [6.07, 6.45) is -0.929. The van der Waals surface area contributed by atoms with Crippen molar-refractivity contribution in [3.63, 3.8) is 0 Å². The maximum Gasteiger partial charge on any atom is 0.308 e. The van der Waals surface area contributed by atoms with Crippen LogP contribution in [-0.2, 0) is 19.1 Å². The van der Waals surface area contributed by atoms with Crippen molar-refractivity contribution in [1.29, 1.82) is 0 Å². The second-order valence-electron chi connectivity index (χ2n) is 5.16. The first-order valence-corrected chi connectivity index (χ1v) is 7.73. The van der Waals surface area contributed by atoms with Crippen LogP contribution in [0.2, 0.25) is 0 Å². The molecule has 2 atom stereocenters. The summed E-state index contributed by atoms with van der Waals surface area (Å²) in [7, 11) is 3.18. The number of likely N-dealkylation sites (N-methyl/N-ethyl adjacent to an activating group) is 1. The van der Waals surface area contributed by atoms with Gasteiger partial charge in [-0.05, 0) is 19.1 Å². The number of fused-ring (bicyclic) bond motifs is 1. The lowest BCUT2D eigenvalue weighted by Crippen LogP contribution is -2.37. The molecule has 6 nitrogen and oxygen atoms in total. The van der Waals surface area contributed by atoms with E-state index < -0.39 is 17.3 Å². The van der Waals surface area contributed by atoms with Crippen LogP contribution in [0.15, 0.2) is 29.2 Å². The normalized spacial score (nSPS) is 18.0. The average molecular weight is 322 g/mol. The van der Waals surface area contributed by atoms with Gasteiger partial charge in [0.25, 0.3) is 5.91 Å². The highest BCUT2D eigenvalue weighted by atomic mass is 32.2. The van der Waals surface area contributed by atoms with Gasteiger partial charge in [-0.2, -0.15) is 0 Å². The number of carbonyl (C=O) groups is 3. The molecule has 1 N–H and O–H groups in total. The van der Waals surface area contributed by atoms with Gasteiger partial charge in [-0.15, -0.1) is 11.8 Å². The van der Waals surface area contributed by atoms with Crippen molar-refractivity contribution in [3.8, 4) is 0 Å². The summed E-state index contributed by atoms with van der Waals surface area (Å²) in [5.74, 6) is -1.08. The zero-order valence-electron chi connectivity index (χ0n) is 12.7. The maximum absolute atomic E-state index is 12.0. The smallest absolute Gasteiger partial charge is 0.308 e. The number of carbonyl (C=O) groups excluding carboxylic acids is 3. The van der Waals surface area contributed by atoms with Crippen molar-refractivity contribution in [1.82, 2.24) is 4.90 Å². The van der Waals surface area contributed by atoms with Gasteiger partial charge in [-0.1, -0.05) is 12.1 Å². The van der Waals surface area contributed by atoms with Crippen molar-refractivity contribution >= 4 is 35.2 Å². The second kappa shape index (κ2) is 6.83. The van der Waals surface area contributed by atoms with Crippen molar-refractivity contribution < 1.29 is 19.1 Å². The van der Waals surface area contributed by atoms with Crippen LogP contribution in [0.5, 0.6) is 0 Å². The predicted molar refractivity (Wildman–Crippen MR) is 83.6 cm³/mol. The molecule has 1 aliphatic heterocycles. The lowest BCUT2D eigenvalue weighted by molar-refractivity contribution is -0.158. The average Bonchev–Trinajstić information content (AvgIpc) is 2.46. The van der Waals surface area contributed by atoms with Crippen molar-refractivity contribution in [2.75, 3.05) is 19.4 Å².